The maximum atomic E-state index is 5.71. The van der Waals surface area contributed by atoms with E-state index in [-0.39, 0.29) is 6.10 Å². The standard InChI is InChI=1S/C12H19NO2/c1-4-9(2)15-8-10-7-11(13)5-6-12(10)14-3/h5-7,9H,4,8,13H2,1-3H3/t9-/m0/s1. The molecule has 1 aromatic rings. The molecule has 84 valence electrons. The van der Waals surface area contributed by atoms with E-state index in [0.29, 0.717) is 6.61 Å². The molecule has 15 heavy (non-hydrogen) atoms. The highest BCUT2D eigenvalue weighted by Crippen LogP contribution is 2.22. The fourth-order valence-electron chi connectivity index (χ4n) is 1.26. The molecular weight excluding hydrogens is 190 g/mol. The Hall–Kier alpha value is -1.22. The zero-order valence-corrected chi connectivity index (χ0v) is 9.62. The van der Waals surface area contributed by atoms with Crippen LogP contribution >= 0.6 is 0 Å². The summed E-state index contributed by atoms with van der Waals surface area (Å²) >= 11 is 0. The maximum absolute atomic E-state index is 5.71. The van der Waals surface area contributed by atoms with Crippen LogP contribution in [0.4, 0.5) is 5.69 Å². The summed E-state index contributed by atoms with van der Waals surface area (Å²) in [6.45, 7) is 4.70. The molecule has 0 amide bonds. The summed E-state index contributed by atoms with van der Waals surface area (Å²) in [6, 6.07) is 5.58. The second-order valence-corrected chi connectivity index (χ2v) is 3.60. The Morgan fingerprint density at radius 1 is 1.40 bits per heavy atom. The van der Waals surface area contributed by atoms with Crippen LogP contribution in [-0.2, 0) is 11.3 Å². The second kappa shape index (κ2) is 5.61. The lowest BCUT2D eigenvalue weighted by Crippen LogP contribution is -2.07. The third-order valence-corrected chi connectivity index (χ3v) is 2.40. The van der Waals surface area contributed by atoms with Crippen molar-refractivity contribution >= 4 is 5.69 Å². The zero-order valence-electron chi connectivity index (χ0n) is 9.62. The highest BCUT2D eigenvalue weighted by Gasteiger charge is 2.05. The summed E-state index contributed by atoms with van der Waals surface area (Å²) in [6.07, 6.45) is 1.26. The molecule has 3 nitrogen and oxygen atoms in total. The van der Waals surface area contributed by atoms with Crippen molar-refractivity contribution in [2.24, 2.45) is 0 Å². The molecule has 0 saturated heterocycles. The van der Waals surface area contributed by atoms with Gasteiger partial charge >= 0.3 is 0 Å². The molecule has 3 heteroatoms. The fourth-order valence-corrected chi connectivity index (χ4v) is 1.26. The molecule has 0 bridgehead atoms. The average molecular weight is 209 g/mol. The van der Waals surface area contributed by atoms with Crippen LogP contribution in [0.2, 0.25) is 0 Å². The predicted molar refractivity (Wildman–Crippen MR) is 61.9 cm³/mol. The summed E-state index contributed by atoms with van der Waals surface area (Å²) in [4.78, 5) is 0. The Kier molecular flexibility index (Phi) is 4.43. The molecule has 0 heterocycles. The van der Waals surface area contributed by atoms with Crippen LogP contribution in [0.5, 0.6) is 5.75 Å². The second-order valence-electron chi connectivity index (χ2n) is 3.60. The molecule has 0 aliphatic rings. The first kappa shape index (κ1) is 11.9. The van der Waals surface area contributed by atoms with Crippen molar-refractivity contribution in [1.82, 2.24) is 0 Å². The van der Waals surface area contributed by atoms with Crippen LogP contribution < -0.4 is 10.5 Å². The first-order chi connectivity index (χ1) is 7.17. The summed E-state index contributed by atoms with van der Waals surface area (Å²) in [5.74, 6) is 0.826. The predicted octanol–water partition coefficient (Wildman–Crippen LogP) is 2.59. The van der Waals surface area contributed by atoms with Gasteiger partial charge in [-0.2, -0.15) is 0 Å². The van der Waals surface area contributed by atoms with Gasteiger partial charge in [0, 0.05) is 11.3 Å². The van der Waals surface area contributed by atoms with Crippen molar-refractivity contribution in [2.45, 2.75) is 33.0 Å². The minimum absolute atomic E-state index is 0.260. The van der Waals surface area contributed by atoms with Gasteiger partial charge in [-0.05, 0) is 31.5 Å². The van der Waals surface area contributed by atoms with E-state index in [1.54, 1.807) is 7.11 Å². The molecule has 0 fully saturated rings. The van der Waals surface area contributed by atoms with Crippen LogP contribution in [0.3, 0.4) is 0 Å². The molecule has 0 unspecified atom stereocenters. The number of hydrogen-bond acceptors (Lipinski definition) is 3. The SMILES string of the molecule is CC[C@H](C)OCc1cc(N)ccc1OC. The van der Waals surface area contributed by atoms with Crippen molar-refractivity contribution in [3.63, 3.8) is 0 Å². The van der Waals surface area contributed by atoms with Crippen molar-refractivity contribution in [3.05, 3.63) is 23.8 Å². The number of ether oxygens (including phenoxy) is 2. The van der Waals surface area contributed by atoms with Crippen LogP contribution in [0.15, 0.2) is 18.2 Å². The number of nitrogen functional groups attached to an aromatic ring is 1. The maximum Gasteiger partial charge on any atom is 0.124 e. The molecule has 0 aliphatic heterocycles. The minimum atomic E-state index is 0.260. The van der Waals surface area contributed by atoms with E-state index in [4.69, 9.17) is 15.2 Å². The third kappa shape index (κ3) is 3.44. The van der Waals surface area contributed by atoms with Crippen LogP contribution in [-0.4, -0.2) is 13.2 Å². The lowest BCUT2D eigenvalue weighted by atomic mass is 10.2. The highest BCUT2D eigenvalue weighted by molar-refractivity contribution is 5.47. The smallest absolute Gasteiger partial charge is 0.124 e. The number of benzene rings is 1. The number of rotatable bonds is 5. The number of hydrogen-bond donors (Lipinski definition) is 1. The molecule has 0 aromatic heterocycles. The Balaban J connectivity index is 2.69. The van der Waals surface area contributed by atoms with Gasteiger partial charge in [0.05, 0.1) is 19.8 Å². The fraction of sp³-hybridized carbons (Fsp3) is 0.500. The monoisotopic (exact) mass is 209 g/mol. The third-order valence-electron chi connectivity index (χ3n) is 2.40. The van der Waals surface area contributed by atoms with Crippen LogP contribution in [0, 0.1) is 0 Å². The molecule has 0 saturated carbocycles. The van der Waals surface area contributed by atoms with Crippen molar-refractivity contribution in [1.29, 1.82) is 0 Å². The highest BCUT2D eigenvalue weighted by atomic mass is 16.5. The zero-order chi connectivity index (χ0) is 11.3. The van der Waals surface area contributed by atoms with Crippen molar-refractivity contribution in [2.75, 3.05) is 12.8 Å². The van der Waals surface area contributed by atoms with Gasteiger partial charge in [-0.3, -0.25) is 0 Å². The van der Waals surface area contributed by atoms with Gasteiger partial charge in [-0.1, -0.05) is 6.92 Å². The van der Waals surface area contributed by atoms with E-state index in [0.717, 1.165) is 23.4 Å². The number of methoxy groups -OCH3 is 1. The van der Waals surface area contributed by atoms with E-state index in [1.807, 2.05) is 18.2 Å². The molecule has 0 aliphatic carbocycles. The lowest BCUT2D eigenvalue weighted by Gasteiger charge is -2.13. The van der Waals surface area contributed by atoms with Gasteiger partial charge < -0.3 is 15.2 Å². The Bertz CT molecular complexity index is 312. The minimum Gasteiger partial charge on any atom is -0.496 e. The summed E-state index contributed by atoms with van der Waals surface area (Å²) in [5, 5.41) is 0. The normalized spacial score (nSPS) is 12.5. The number of nitrogens with two attached hydrogens (primary N) is 1. The van der Waals surface area contributed by atoms with Crippen LogP contribution in [0.25, 0.3) is 0 Å². The topological polar surface area (TPSA) is 44.5 Å². The average Bonchev–Trinajstić information content (AvgIpc) is 2.26. The van der Waals surface area contributed by atoms with E-state index >= 15 is 0 Å². The molecule has 1 rings (SSSR count). The Morgan fingerprint density at radius 2 is 2.13 bits per heavy atom. The Labute approximate surface area is 91.2 Å². The summed E-state index contributed by atoms with van der Waals surface area (Å²) in [7, 11) is 1.65. The lowest BCUT2D eigenvalue weighted by molar-refractivity contribution is 0.0497. The van der Waals surface area contributed by atoms with Crippen molar-refractivity contribution < 1.29 is 9.47 Å². The first-order valence-corrected chi connectivity index (χ1v) is 5.21. The van der Waals surface area contributed by atoms with Gasteiger partial charge in [0.1, 0.15) is 5.75 Å². The van der Waals surface area contributed by atoms with Gasteiger partial charge in [0.2, 0.25) is 0 Å². The molecule has 1 atom stereocenters. The largest absolute Gasteiger partial charge is 0.496 e. The quantitative estimate of drug-likeness (QED) is 0.758. The van der Waals surface area contributed by atoms with Gasteiger partial charge in [0.25, 0.3) is 0 Å². The molecule has 1 aromatic carbocycles. The van der Waals surface area contributed by atoms with E-state index in [2.05, 4.69) is 13.8 Å². The Morgan fingerprint density at radius 3 is 2.73 bits per heavy atom. The van der Waals surface area contributed by atoms with Gasteiger partial charge in [-0.25, -0.2) is 0 Å². The molecular formula is C12H19NO2. The van der Waals surface area contributed by atoms with Gasteiger partial charge in [-0.15, -0.1) is 0 Å². The van der Waals surface area contributed by atoms with Gasteiger partial charge in [0.15, 0.2) is 0 Å². The summed E-state index contributed by atoms with van der Waals surface area (Å²) in [5.41, 5.74) is 7.44. The molecule has 2 N–H and O–H groups in total. The van der Waals surface area contributed by atoms with E-state index < -0.39 is 0 Å². The van der Waals surface area contributed by atoms with Crippen LogP contribution in [0.1, 0.15) is 25.8 Å². The van der Waals surface area contributed by atoms with Crippen molar-refractivity contribution in [3.8, 4) is 5.75 Å². The van der Waals surface area contributed by atoms with E-state index in [9.17, 15) is 0 Å². The molecule has 0 radical (unpaired) electrons. The number of anilines is 1. The summed E-state index contributed by atoms with van der Waals surface area (Å²) < 4.78 is 10.9. The van der Waals surface area contributed by atoms with E-state index in [1.165, 1.54) is 0 Å². The first-order valence-electron chi connectivity index (χ1n) is 5.21. The molecule has 0 spiro atoms.